The average Bonchev–Trinajstić information content (AvgIpc) is 2.47. The van der Waals surface area contributed by atoms with E-state index in [2.05, 4.69) is 5.32 Å². The summed E-state index contributed by atoms with van der Waals surface area (Å²) >= 11 is 0. The Kier molecular flexibility index (Phi) is 4.73. The lowest BCUT2D eigenvalue weighted by atomic mass is 10.1. The van der Waals surface area contributed by atoms with E-state index >= 15 is 0 Å². The molecule has 0 aliphatic rings. The first kappa shape index (κ1) is 14.8. The summed E-state index contributed by atoms with van der Waals surface area (Å²) in [6.07, 6.45) is 0. The molecule has 21 heavy (non-hydrogen) atoms. The zero-order valence-electron chi connectivity index (χ0n) is 11.7. The van der Waals surface area contributed by atoms with E-state index < -0.39 is 0 Å². The highest BCUT2D eigenvalue weighted by Crippen LogP contribution is 2.27. The van der Waals surface area contributed by atoms with Crippen LogP contribution in [0.3, 0.4) is 0 Å². The van der Waals surface area contributed by atoms with E-state index in [1.807, 2.05) is 6.07 Å². The highest BCUT2D eigenvalue weighted by molar-refractivity contribution is 5.62. The number of nitrogens with two attached hydrogens (primary N) is 3. The van der Waals surface area contributed by atoms with Gasteiger partial charge < -0.3 is 32.4 Å². The van der Waals surface area contributed by atoms with E-state index in [4.69, 9.17) is 27.0 Å². The molecule has 0 bridgehead atoms. The molecule has 0 aliphatic heterocycles. The van der Waals surface area contributed by atoms with Gasteiger partial charge in [0.2, 0.25) is 0 Å². The van der Waals surface area contributed by atoms with Gasteiger partial charge in [0, 0.05) is 29.2 Å². The second kappa shape index (κ2) is 6.71. The minimum absolute atomic E-state index is 0.0624. The van der Waals surface area contributed by atoms with Crippen molar-refractivity contribution in [2.75, 3.05) is 35.7 Å². The first-order chi connectivity index (χ1) is 10.1. The van der Waals surface area contributed by atoms with Crippen molar-refractivity contribution in [3.63, 3.8) is 0 Å². The summed E-state index contributed by atoms with van der Waals surface area (Å²) in [6, 6.07) is 10.6. The number of rotatable bonds is 6. The number of benzene rings is 2. The number of aliphatic hydroxyl groups is 1. The summed E-state index contributed by atoms with van der Waals surface area (Å²) in [7, 11) is 0. The van der Waals surface area contributed by atoms with Crippen LogP contribution in [-0.2, 0) is 6.61 Å². The summed E-state index contributed by atoms with van der Waals surface area (Å²) in [5.41, 5.74) is 21.0. The molecular formula is C15H20N4O2. The van der Waals surface area contributed by atoms with Crippen molar-refractivity contribution in [3.05, 3.63) is 42.0 Å². The lowest BCUT2D eigenvalue weighted by Gasteiger charge is -2.12. The number of aliphatic hydroxyl groups excluding tert-OH is 1. The summed E-state index contributed by atoms with van der Waals surface area (Å²) in [5.74, 6) is 0.575. The second-order valence-electron chi connectivity index (χ2n) is 4.65. The second-order valence-corrected chi connectivity index (χ2v) is 4.65. The standard InChI is InChI=1S/C15H20N4O2/c16-11-1-3-13(17)10(7-11)9-21-15-4-2-12(8-14(15)18)19-5-6-20/h1-4,7-8,19-20H,5-6,9,16-18H2. The Morgan fingerprint density at radius 2 is 1.81 bits per heavy atom. The first-order valence-electron chi connectivity index (χ1n) is 6.61. The smallest absolute Gasteiger partial charge is 0.142 e. The van der Waals surface area contributed by atoms with E-state index in [0.29, 0.717) is 36.0 Å². The zero-order valence-corrected chi connectivity index (χ0v) is 11.7. The van der Waals surface area contributed by atoms with Crippen molar-refractivity contribution in [2.45, 2.75) is 6.61 Å². The molecule has 0 atom stereocenters. The molecule has 0 heterocycles. The fraction of sp³-hybridized carbons (Fsp3) is 0.200. The van der Waals surface area contributed by atoms with E-state index in [9.17, 15) is 0 Å². The maximum absolute atomic E-state index is 8.77. The zero-order chi connectivity index (χ0) is 15.2. The van der Waals surface area contributed by atoms with Crippen LogP contribution in [0.15, 0.2) is 36.4 Å². The first-order valence-corrected chi connectivity index (χ1v) is 6.61. The molecule has 2 rings (SSSR count). The molecule has 0 aliphatic carbocycles. The van der Waals surface area contributed by atoms with Crippen LogP contribution in [0, 0.1) is 0 Å². The number of hydrogen-bond donors (Lipinski definition) is 5. The lowest BCUT2D eigenvalue weighted by molar-refractivity contribution is 0.308. The maximum atomic E-state index is 8.77. The van der Waals surface area contributed by atoms with Gasteiger partial charge >= 0.3 is 0 Å². The predicted molar refractivity (Wildman–Crippen MR) is 86.0 cm³/mol. The highest BCUT2D eigenvalue weighted by Gasteiger charge is 2.05. The van der Waals surface area contributed by atoms with Crippen molar-refractivity contribution in [2.24, 2.45) is 0 Å². The minimum Gasteiger partial charge on any atom is -0.487 e. The van der Waals surface area contributed by atoms with Gasteiger partial charge in [-0.2, -0.15) is 0 Å². The van der Waals surface area contributed by atoms with Gasteiger partial charge in [0.25, 0.3) is 0 Å². The van der Waals surface area contributed by atoms with E-state index in [1.165, 1.54) is 0 Å². The molecule has 8 N–H and O–H groups in total. The van der Waals surface area contributed by atoms with Crippen molar-refractivity contribution in [1.82, 2.24) is 0 Å². The number of anilines is 4. The number of hydrogen-bond acceptors (Lipinski definition) is 6. The van der Waals surface area contributed by atoms with Crippen molar-refractivity contribution in [3.8, 4) is 5.75 Å². The fourth-order valence-corrected chi connectivity index (χ4v) is 1.90. The van der Waals surface area contributed by atoms with Gasteiger partial charge in [-0.3, -0.25) is 0 Å². The van der Waals surface area contributed by atoms with Gasteiger partial charge in [0.15, 0.2) is 0 Å². The SMILES string of the molecule is Nc1ccc(N)c(COc2ccc(NCCO)cc2N)c1. The van der Waals surface area contributed by atoms with Gasteiger partial charge in [-0.05, 0) is 36.4 Å². The van der Waals surface area contributed by atoms with E-state index in [0.717, 1.165) is 11.3 Å². The number of ether oxygens (including phenoxy) is 1. The van der Waals surface area contributed by atoms with Gasteiger partial charge in [-0.15, -0.1) is 0 Å². The van der Waals surface area contributed by atoms with Crippen LogP contribution in [0.2, 0.25) is 0 Å². The van der Waals surface area contributed by atoms with Crippen molar-refractivity contribution in [1.29, 1.82) is 0 Å². The van der Waals surface area contributed by atoms with Crippen molar-refractivity contribution < 1.29 is 9.84 Å². The summed E-state index contributed by atoms with van der Waals surface area (Å²) < 4.78 is 5.68. The third kappa shape index (κ3) is 3.93. The third-order valence-corrected chi connectivity index (χ3v) is 3.00. The van der Waals surface area contributed by atoms with Crippen LogP contribution in [0.1, 0.15) is 5.56 Å². The molecule has 0 aromatic heterocycles. The number of nitrogens with one attached hydrogen (secondary N) is 1. The van der Waals surface area contributed by atoms with Crippen LogP contribution in [-0.4, -0.2) is 18.3 Å². The monoisotopic (exact) mass is 288 g/mol. The van der Waals surface area contributed by atoms with Crippen LogP contribution in [0.4, 0.5) is 22.7 Å². The Labute approximate surface area is 123 Å². The molecule has 0 spiro atoms. The van der Waals surface area contributed by atoms with Crippen LogP contribution < -0.4 is 27.3 Å². The van der Waals surface area contributed by atoms with Crippen molar-refractivity contribution >= 4 is 22.7 Å². The lowest BCUT2D eigenvalue weighted by Crippen LogP contribution is -2.06. The molecule has 0 fully saturated rings. The molecule has 0 saturated carbocycles. The van der Waals surface area contributed by atoms with Gasteiger partial charge in [0.1, 0.15) is 12.4 Å². The predicted octanol–water partition coefficient (Wildman–Crippen LogP) is 1.42. The van der Waals surface area contributed by atoms with E-state index in [1.54, 1.807) is 30.3 Å². The molecule has 112 valence electrons. The molecular weight excluding hydrogens is 268 g/mol. The third-order valence-electron chi connectivity index (χ3n) is 3.00. The molecule has 6 heteroatoms. The molecule has 0 saturated heterocycles. The Morgan fingerprint density at radius 3 is 2.52 bits per heavy atom. The van der Waals surface area contributed by atoms with E-state index in [-0.39, 0.29) is 6.61 Å². The molecule has 0 radical (unpaired) electrons. The van der Waals surface area contributed by atoms with Gasteiger partial charge in [-0.25, -0.2) is 0 Å². The molecule has 2 aromatic carbocycles. The largest absolute Gasteiger partial charge is 0.487 e. The van der Waals surface area contributed by atoms with Crippen LogP contribution >= 0.6 is 0 Å². The Bertz CT molecular complexity index is 617. The Morgan fingerprint density at radius 1 is 1.00 bits per heavy atom. The maximum Gasteiger partial charge on any atom is 0.142 e. The highest BCUT2D eigenvalue weighted by atomic mass is 16.5. The van der Waals surface area contributed by atoms with Crippen LogP contribution in [0.25, 0.3) is 0 Å². The molecule has 0 amide bonds. The summed E-state index contributed by atoms with van der Waals surface area (Å²) in [6.45, 7) is 0.830. The summed E-state index contributed by atoms with van der Waals surface area (Å²) in [5, 5.41) is 11.8. The molecule has 0 unspecified atom stereocenters. The van der Waals surface area contributed by atoms with Gasteiger partial charge in [-0.1, -0.05) is 0 Å². The molecule has 6 nitrogen and oxygen atoms in total. The minimum atomic E-state index is 0.0624. The Balaban J connectivity index is 2.04. The topological polar surface area (TPSA) is 120 Å². The Hall–Kier alpha value is -2.60. The molecule has 2 aromatic rings. The number of nitrogen functional groups attached to an aromatic ring is 3. The fourth-order valence-electron chi connectivity index (χ4n) is 1.90. The quantitative estimate of drug-likeness (QED) is 0.513. The van der Waals surface area contributed by atoms with Gasteiger partial charge in [0.05, 0.1) is 12.3 Å². The summed E-state index contributed by atoms with van der Waals surface area (Å²) in [4.78, 5) is 0. The normalized spacial score (nSPS) is 10.3. The van der Waals surface area contributed by atoms with Crippen LogP contribution in [0.5, 0.6) is 5.75 Å². The average molecular weight is 288 g/mol.